The molecule has 1 aromatic heterocycles. The molecule has 102 valence electrons. The summed E-state index contributed by atoms with van der Waals surface area (Å²) in [6.45, 7) is -1.05. The number of nitrogens with zero attached hydrogens (tertiary/aromatic N) is 1. The lowest BCUT2D eigenvalue weighted by molar-refractivity contribution is -0.275. The molecule has 0 bridgehead atoms. The second-order valence-electron chi connectivity index (χ2n) is 3.12. The summed E-state index contributed by atoms with van der Waals surface area (Å²) in [6.07, 6.45) is -8.21. The maximum atomic E-state index is 12.6. The van der Waals surface area contributed by atoms with Gasteiger partial charge in [0.2, 0.25) is 0 Å². The molecule has 0 atom stereocenters. The highest BCUT2D eigenvalue weighted by Gasteiger charge is 2.33. The summed E-state index contributed by atoms with van der Waals surface area (Å²) >= 11 is 5.34. The number of ether oxygens (including phenoxy) is 1. The van der Waals surface area contributed by atoms with E-state index in [4.69, 9.17) is 16.7 Å². The van der Waals surface area contributed by atoms with Crippen LogP contribution in [0.15, 0.2) is 6.07 Å². The van der Waals surface area contributed by atoms with Gasteiger partial charge in [0.1, 0.15) is 11.4 Å². The number of hydrogen-bond acceptors (Lipinski definition) is 3. The Hall–Kier alpha value is -1.15. The average Bonchev–Trinajstić information content (AvgIpc) is 2.25. The predicted molar refractivity (Wildman–Crippen MR) is 51.4 cm³/mol. The highest BCUT2D eigenvalue weighted by molar-refractivity contribution is 6.16. The van der Waals surface area contributed by atoms with Crippen molar-refractivity contribution < 1.29 is 31.8 Å². The van der Waals surface area contributed by atoms with Crippen LogP contribution in [0.5, 0.6) is 5.75 Å². The van der Waals surface area contributed by atoms with E-state index in [2.05, 4.69) is 9.72 Å². The molecule has 0 fully saturated rings. The van der Waals surface area contributed by atoms with E-state index in [0.29, 0.717) is 0 Å². The van der Waals surface area contributed by atoms with Gasteiger partial charge in [-0.05, 0) is 0 Å². The molecule has 0 radical (unpaired) electrons. The standard InChI is InChI=1S/C9H7ClF5NO2/c10-2-4-1-6(18-9(13,14)15)5(3-17)7(16-4)8(11)12/h1,8,17H,2-3H2. The lowest BCUT2D eigenvalue weighted by atomic mass is 10.1. The molecule has 0 saturated carbocycles. The number of hydrogen-bond donors (Lipinski definition) is 1. The molecule has 9 heteroatoms. The van der Waals surface area contributed by atoms with Gasteiger partial charge in [0.15, 0.2) is 0 Å². The summed E-state index contributed by atoms with van der Waals surface area (Å²) in [5.74, 6) is -1.29. The minimum absolute atomic E-state index is 0.205. The van der Waals surface area contributed by atoms with Gasteiger partial charge in [0, 0.05) is 11.6 Å². The Morgan fingerprint density at radius 2 is 2.00 bits per heavy atom. The van der Waals surface area contributed by atoms with E-state index in [1.54, 1.807) is 0 Å². The van der Waals surface area contributed by atoms with Gasteiger partial charge in [-0.25, -0.2) is 13.8 Å². The Morgan fingerprint density at radius 3 is 2.39 bits per heavy atom. The molecule has 0 aromatic carbocycles. The van der Waals surface area contributed by atoms with Gasteiger partial charge < -0.3 is 9.84 Å². The molecule has 0 amide bonds. The van der Waals surface area contributed by atoms with Gasteiger partial charge in [0.05, 0.1) is 18.2 Å². The third-order valence-electron chi connectivity index (χ3n) is 1.90. The third-order valence-corrected chi connectivity index (χ3v) is 2.17. The number of alkyl halides is 6. The van der Waals surface area contributed by atoms with Crippen LogP contribution in [0.2, 0.25) is 0 Å². The maximum Gasteiger partial charge on any atom is 0.573 e. The smallest absolute Gasteiger partial charge is 0.405 e. The van der Waals surface area contributed by atoms with Gasteiger partial charge in [-0.15, -0.1) is 24.8 Å². The molecule has 1 rings (SSSR count). The van der Waals surface area contributed by atoms with E-state index in [1.807, 2.05) is 0 Å². The molecule has 18 heavy (non-hydrogen) atoms. The fourth-order valence-corrected chi connectivity index (χ4v) is 1.38. The molecule has 0 spiro atoms. The van der Waals surface area contributed by atoms with E-state index in [-0.39, 0.29) is 11.6 Å². The molecule has 3 nitrogen and oxygen atoms in total. The number of pyridine rings is 1. The number of aliphatic hydroxyl groups is 1. The summed E-state index contributed by atoms with van der Waals surface area (Å²) in [7, 11) is 0. The SMILES string of the molecule is OCc1c(OC(F)(F)F)cc(CCl)nc1C(F)F. The quantitative estimate of drug-likeness (QED) is 0.684. The molecule has 1 aromatic rings. The molecular formula is C9H7ClF5NO2. The van der Waals surface area contributed by atoms with Crippen LogP contribution in [-0.2, 0) is 12.5 Å². The number of aliphatic hydroxyl groups excluding tert-OH is 1. The highest BCUT2D eigenvalue weighted by atomic mass is 35.5. The molecule has 1 heterocycles. The molecule has 0 aliphatic carbocycles. The Morgan fingerprint density at radius 1 is 1.39 bits per heavy atom. The van der Waals surface area contributed by atoms with Crippen LogP contribution in [0.1, 0.15) is 23.4 Å². The lowest BCUT2D eigenvalue weighted by Gasteiger charge is -2.15. The van der Waals surface area contributed by atoms with E-state index < -0.39 is 36.4 Å². The zero-order chi connectivity index (χ0) is 13.9. The Kier molecular flexibility index (Phi) is 4.69. The van der Waals surface area contributed by atoms with E-state index in [0.717, 1.165) is 6.07 Å². The van der Waals surface area contributed by atoms with Gasteiger partial charge in [-0.3, -0.25) is 0 Å². The van der Waals surface area contributed by atoms with E-state index >= 15 is 0 Å². The van der Waals surface area contributed by atoms with Gasteiger partial charge in [0.25, 0.3) is 6.43 Å². The van der Waals surface area contributed by atoms with Crippen molar-refractivity contribution in [3.05, 3.63) is 23.0 Å². The summed E-state index contributed by atoms with van der Waals surface area (Å²) in [4.78, 5) is 3.36. The Labute approximate surface area is 103 Å². The zero-order valence-corrected chi connectivity index (χ0v) is 9.40. The highest BCUT2D eigenvalue weighted by Crippen LogP contribution is 2.33. The van der Waals surface area contributed by atoms with Crippen LogP contribution in [0, 0.1) is 0 Å². The van der Waals surface area contributed by atoms with Crippen LogP contribution in [0.4, 0.5) is 22.0 Å². The topological polar surface area (TPSA) is 42.4 Å². The Bertz CT molecular complexity index is 424. The lowest BCUT2D eigenvalue weighted by Crippen LogP contribution is -2.19. The van der Waals surface area contributed by atoms with Crippen molar-refractivity contribution in [3.63, 3.8) is 0 Å². The summed E-state index contributed by atoms with van der Waals surface area (Å²) in [5, 5.41) is 8.85. The van der Waals surface area contributed by atoms with Crippen LogP contribution >= 0.6 is 11.6 Å². The van der Waals surface area contributed by atoms with Crippen molar-refractivity contribution in [1.82, 2.24) is 4.98 Å². The fourth-order valence-electron chi connectivity index (χ4n) is 1.24. The first-order chi connectivity index (χ1) is 8.28. The first-order valence-electron chi connectivity index (χ1n) is 4.52. The zero-order valence-electron chi connectivity index (χ0n) is 8.64. The molecule has 1 N–H and O–H groups in total. The number of halogens is 6. The van der Waals surface area contributed by atoms with Gasteiger partial charge >= 0.3 is 6.36 Å². The largest absolute Gasteiger partial charge is 0.573 e. The summed E-state index contributed by atoms with van der Waals surface area (Å²) < 4.78 is 65.0. The van der Waals surface area contributed by atoms with Crippen LogP contribution < -0.4 is 4.74 Å². The second-order valence-corrected chi connectivity index (χ2v) is 3.38. The Balaban J connectivity index is 3.33. The van der Waals surface area contributed by atoms with Gasteiger partial charge in [-0.2, -0.15) is 0 Å². The van der Waals surface area contributed by atoms with Crippen molar-refractivity contribution in [1.29, 1.82) is 0 Å². The van der Waals surface area contributed by atoms with Gasteiger partial charge in [-0.1, -0.05) is 0 Å². The molecular weight excluding hydrogens is 285 g/mol. The van der Waals surface area contributed by atoms with Crippen molar-refractivity contribution in [2.75, 3.05) is 0 Å². The monoisotopic (exact) mass is 291 g/mol. The molecule has 0 aliphatic rings. The average molecular weight is 292 g/mol. The number of rotatable bonds is 4. The van der Waals surface area contributed by atoms with Crippen molar-refractivity contribution in [3.8, 4) is 5.75 Å². The third kappa shape index (κ3) is 3.67. The normalized spacial score (nSPS) is 12.0. The maximum absolute atomic E-state index is 12.6. The van der Waals surface area contributed by atoms with Crippen molar-refractivity contribution in [2.45, 2.75) is 25.3 Å². The molecule has 0 saturated heterocycles. The summed E-state index contributed by atoms with van der Waals surface area (Å²) in [5.41, 5.74) is -1.89. The minimum atomic E-state index is -5.06. The molecule has 0 aliphatic heterocycles. The first kappa shape index (κ1) is 14.9. The van der Waals surface area contributed by atoms with Crippen LogP contribution in [0.3, 0.4) is 0 Å². The van der Waals surface area contributed by atoms with E-state index in [9.17, 15) is 22.0 Å². The number of aromatic nitrogens is 1. The summed E-state index contributed by atoms with van der Waals surface area (Å²) in [6, 6.07) is 0.762. The first-order valence-corrected chi connectivity index (χ1v) is 5.05. The minimum Gasteiger partial charge on any atom is -0.405 e. The molecule has 0 unspecified atom stereocenters. The van der Waals surface area contributed by atoms with Crippen molar-refractivity contribution >= 4 is 11.6 Å². The van der Waals surface area contributed by atoms with Crippen molar-refractivity contribution in [2.24, 2.45) is 0 Å². The predicted octanol–water partition coefficient (Wildman–Crippen LogP) is 3.15. The van der Waals surface area contributed by atoms with Crippen LogP contribution in [-0.4, -0.2) is 16.5 Å². The fraction of sp³-hybridized carbons (Fsp3) is 0.444. The second kappa shape index (κ2) is 5.66. The van der Waals surface area contributed by atoms with E-state index in [1.165, 1.54) is 0 Å². The van der Waals surface area contributed by atoms with Crippen LogP contribution in [0.25, 0.3) is 0 Å².